The van der Waals surface area contributed by atoms with Crippen LogP contribution in [0.5, 0.6) is 0 Å². The largest absolute Gasteiger partial charge is 0.424 e. The molecule has 0 aliphatic heterocycles. The van der Waals surface area contributed by atoms with Gasteiger partial charge in [-0.2, -0.15) is 0 Å². The number of rotatable bonds is 5. The van der Waals surface area contributed by atoms with Crippen molar-refractivity contribution in [3.63, 3.8) is 0 Å². The van der Waals surface area contributed by atoms with Gasteiger partial charge in [-0.3, -0.25) is 0 Å². The highest BCUT2D eigenvalue weighted by Gasteiger charge is 1.82. The molecule has 0 saturated carbocycles. The van der Waals surface area contributed by atoms with Crippen molar-refractivity contribution < 1.29 is 4.43 Å². The Balaban J connectivity index is 2.53. The van der Waals surface area contributed by atoms with E-state index in [1.54, 1.807) is 0 Å². The van der Waals surface area contributed by atoms with E-state index in [-0.39, 0.29) is 9.76 Å². The molecule has 0 bridgehead atoms. The average Bonchev–Trinajstić information content (AvgIpc) is 1.81. The Morgan fingerprint density at radius 2 is 2.12 bits per heavy atom. The minimum absolute atomic E-state index is 0.0986. The van der Waals surface area contributed by atoms with E-state index in [1.807, 2.05) is 0 Å². The van der Waals surface area contributed by atoms with Crippen molar-refractivity contribution in [2.75, 3.05) is 6.61 Å². The molecule has 0 unspecified atom stereocenters. The zero-order chi connectivity index (χ0) is 6.24. The molecule has 0 aliphatic rings. The molecule has 2 heteroatoms. The van der Waals surface area contributed by atoms with Crippen molar-refractivity contribution in [1.82, 2.24) is 0 Å². The molecule has 0 radical (unpaired) electrons. The van der Waals surface area contributed by atoms with Crippen LogP contribution >= 0.6 is 0 Å². The highest BCUT2D eigenvalue weighted by Crippen LogP contribution is 1.86. The first-order valence-corrected chi connectivity index (χ1v) is 5.07. The maximum absolute atomic E-state index is 5.36. The first-order chi connectivity index (χ1) is 3.91. The summed E-state index contributed by atoms with van der Waals surface area (Å²) >= 11 is 0. The van der Waals surface area contributed by atoms with Gasteiger partial charge in [0.2, 0.25) is 0 Å². The van der Waals surface area contributed by atoms with Gasteiger partial charge in [0.1, 0.15) is 0 Å². The monoisotopic (exact) mass is 132 g/mol. The van der Waals surface area contributed by atoms with E-state index in [4.69, 9.17) is 4.43 Å². The third-order valence-corrected chi connectivity index (χ3v) is 1.98. The molecule has 8 heavy (non-hydrogen) atoms. The topological polar surface area (TPSA) is 9.23 Å². The standard InChI is InChI=1S/C6H16OSi/c1-3-5-6-7-8-4-2/h3-6,8H2,1-2H3. The third-order valence-electron chi connectivity index (χ3n) is 0.991. The Bertz CT molecular complexity index is 33.5. The predicted molar refractivity (Wildman–Crippen MR) is 39.9 cm³/mol. The van der Waals surface area contributed by atoms with Crippen LogP contribution in [0.3, 0.4) is 0 Å². The lowest BCUT2D eigenvalue weighted by atomic mass is 10.4. The van der Waals surface area contributed by atoms with Gasteiger partial charge in [-0.1, -0.05) is 20.3 Å². The van der Waals surface area contributed by atoms with Crippen LogP contribution in [0.25, 0.3) is 0 Å². The van der Waals surface area contributed by atoms with Gasteiger partial charge in [-0.05, 0) is 12.5 Å². The van der Waals surface area contributed by atoms with Crippen LogP contribution in [-0.2, 0) is 4.43 Å². The van der Waals surface area contributed by atoms with E-state index in [0.29, 0.717) is 0 Å². The van der Waals surface area contributed by atoms with Crippen molar-refractivity contribution in [3.05, 3.63) is 0 Å². The molecule has 0 aromatic rings. The van der Waals surface area contributed by atoms with Crippen LogP contribution in [0.15, 0.2) is 0 Å². The SMILES string of the molecule is CCCCO[SiH2]CC. The molecular formula is C6H16OSi. The molecule has 0 saturated heterocycles. The first kappa shape index (κ1) is 8.18. The van der Waals surface area contributed by atoms with Crippen LogP contribution in [0.2, 0.25) is 6.04 Å². The van der Waals surface area contributed by atoms with Gasteiger partial charge in [0.25, 0.3) is 0 Å². The van der Waals surface area contributed by atoms with Crippen LogP contribution < -0.4 is 0 Å². The van der Waals surface area contributed by atoms with Crippen LogP contribution in [0.4, 0.5) is 0 Å². The summed E-state index contributed by atoms with van der Waals surface area (Å²) in [6, 6.07) is 1.28. The van der Waals surface area contributed by atoms with Gasteiger partial charge in [0.05, 0.1) is 0 Å². The molecule has 0 heterocycles. The summed E-state index contributed by atoms with van der Waals surface area (Å²) in [7, 11) is -0.0986. The Hall–Kier alpha value is 0.177. The zero-order valence-corrected chi connectivity index (χ0v) is 7.36. The highest BCUT2D eigenvalue weighted by molar-refractivity contribution is 6.26. The first-order valence-electron chi connectivity index (χ1n) is 3.49. The lowest BCUT2D eigenvalue weighted by Gasteiger charge is -1.97. The van der Waals surface area contributed by atoms with Crippen LogP contribution in [-0.4, -0.2) is 16.4 Å². The van der Waals surface area contributed by atoms with Crippen LogP contribution in [0.1, 0.15) is 26.7 Å². The number of unbranched alkanes of at least 4 members (excludes halogenated alkanes) is 1. The van der Waals surface area contributed by atoms with Crippen LogP contribution in [0, 0.1) is 0 Å². The quantitative estimate of drug-likeness (QED) is 0.405. The van der Waals surface area contributed by atoms with Crippen molar-refractivity contribution >= 4 is 9.76 Å². The van der Waals surface area contributed by atoms with E-state index in [9.17, 15) is 0 Å². The molecule has 0 aliphatic carbocycles. The van der Waals surface area contributed by atoms with Crippen molar-refractivity contribution in [1.29, 1.82) is 0 Å². The molecule has 0 aromatic heterocycles. The van der Waals surface area contributed by atoms with E-state index >= 15 is 0 Å². The summed E-state index contributed by atoms with van der Waals surface area (Å²) in [5, 5.41) is 0. The maximum Gasteiger partial charge on any atom is 0.161 e. The third kappa shape index (κ3) is 6.18. The molecule has 1 nitrogen and oxygen atoms in total. The Labute approximate surface area is 54.4 Å². The predicted octanol–water partition coefficient (Wildman–Crippen LogP) is 1.33. The second-order valence-corrected chi connectivity index (χ2v) is 3.78. The second-order valence-electron chi connectivity index (χ2n) is 1.97. The fourth-order valence-electron chi connectivity index (χ4n) is 0.493. The van der Waals surface area contributed by atoms with Crippen molar-refractivity contribution in [3.8, 4) is 0 Å². The average molecular weight is 132 g/mol. The molecule has 0 aromatic carbocycles. The molecule has 0 N–H and O–H groups in total. The summed E-state index contributed by atoms with van der Waals surface area (Å²) in [6.07, 6.45) is 2.51. The summed E-state index contributed by atoms with van der Waals surface area (Å²) in [5.41, 5.74) is 0. The van der Waals surface area contributed by atoms with Gasteiger partial charge in [0, 0.05) is 6.61 Å². The molecule has 0 spiro atoms. The van der Waals surface area contributed by atoms with E-state index in [2.05, 4.69) is 13.8 Å². The fraction of sp³-hybridized carbons (Fsp3) is 1.00. The van der Waals surface area contributed by atoms with E-state index < -0.39 is 0 Å². The Kier molecular flexibility index (Phi) is 7.34. The fourth-order valence-corrected chi connectivity index (χ4v) is 1.19. The Morgan fingerprint density at radius 1 is 1.38 bits per heavy atom. The van der Waals surface area contributed by atoms with Gasteiger partial charge in [-0.15, -0.1) is 0 Å². The molecule has 0 amide bonds. The van der Waals surface area contributed by atoms with Gasteiger partial charge in [-0.25, -0.2) is 0 Å². The lowest BCUT2D eigenvalue weighted by molar-refractivity contribution is 0.326. The normalized spacial score (nSPS) is 11.2. The molecule has 0 atom stereocenters. The summed E-state index contributed by atoms with van der Waals surface area (Å²) in [4.78, 5) is 0. The molecule has 0 fully saturated rings. The van der Waals surface area contributed by atoms with Gasteiger partial charge in [0.15, 0.2) is 9.76 Å². The number of hydrogen-bond acceptors (Lipinski definition) is 1. The van der Waals surface area contributed by atoms with E-state index in [1.165, 1.54) is 18.9 Å². The van der Waals surface area contributed by atoms with Crippen molar-refractivity contribution in [2.24, 2.45) is 0 Å². The summed E-state index contributed by atoms with van der Waals surface area (Å²) < 4.78 is 5.36. The molecule has 0 rings (SSSR count). The van der Waals surface area contributed by atoms with Gasteiger partial charge < -0.3 is 4.43 Å². The van der Waals surface area contributed by atoms with E-state index in [0.717, 1.165) is 6.61 Å². The minimum atomic E-state index is -0.0986. The summed E-state index contributed by atoms with van der Waals surface area (Å²) in [5.74, 6) is 0. The molecule has 50 valence electrons. The smallest absolute Gasteiger partial charge is 0.161 e. The summed E-state index contributed by atoms with van der Waals surface area (Å²) in [6.45, 7) is 5.39. The van der Waals surface area contributed by atoms with Gasteiger partial charge >= 0.3 is 0 Å². The minimum Gasteiger partial charge on any atom is -0.424 e. The highest BCUT2D eigenvalue weighted by atomic mass is 28.2. The number of hydrogen-bond donors (Lipinski definition) is 0. The maximum atomic E-state index is 5.36. The lowest BCUT2D eigenvalue weighted by Crippen LogP contribution is -1.97. The van der Waals surface area contributed by atoms with Crippen molar-refractivity contribution in [2.45, 2.75) is 32.7 Å². The second kappa shape index (κ2) is 7.18. The molecular weight excluding hydrogens is 116 g/mol. The Morgan fingerprint density at radius 3 is 2.62 bits per heavy atom. The zero-order valence-electron chi connectivity index (χ0n) is 5.94.